The van der Waals surface area contributed by atoms with Crippen molar-refractivity contribution in [2.24, 2.45) is 0 Å². The molecule has 0 radical (unpaired) electrons. The number of rotatable bonds is 8. The van der Waals surface area contributed by atoms with Crippen LogP contribution in [-0.2, 0) is 13.0 Å². The van der Waals surface area contributed by atoms with Gasteiger partial charge >= 0.3 is 0 Å². The maximum Gasteiger partial charge on any atom is 0.0231 e. The lowest BCUT2D eigenvalue weighted by Gasteiger charge is -2.16. The summed E-state index contributed by atoms with van der Waals surface area (Å²) in [7, 11) is 4.18. The first-order chi connectivity index (χ1) is 8.26. The van der Waals surface area contributed by atoms with Gasteiger partial charge in [0.2, 0.25) is 0 Å². The average molecular weight is 252 g/mol. The Morgan fingerprint density at radius 3 is 2.41 bits per heavy atom. The molecule has 0 aliphatic carbocycles. The lowest BCUT2D eigenvalue weighted by Crippen LogP contribution is -2.20. The zero-order valence-electron chi connectivity index (χ0n) is 11.2. The lowest BCUT2D eigenvalue weighted by atomic mass is 10.1. The summed E-state index contributed by atoms with van der Waals surface area (Å²) in [5.74, 6) is 1.21. The van der Waals surface area contributed by atoms with Crippen molar-refractivity contribution < 1.29 is 0 Å². The van der Waals surface area contributed by atoms with Gasteiger partial charge in [0, 0.05) is 18.8 Å². The Hall–Kier alpha value is -0.510. The highest BCUT2D eigenvalue weighted by molar-refractivity contribution is 7.98. The number of hydrogen-bond donors (Lipinski definition) is 1. The van der Waals surface area contributed by atoms with Crippen LogP contribution in [0.25, 0.3) is 0 Å². The second-order valence-electron chi connectivity index (χ2n) is 4.40. The Balaban J connectivity index is 2.39. The molecule has 1 N–H and O–H groups in total. The van der Waals surface area contributed by atoms with Gasteiger partial charge in [0.15, 0.2) is 0 Å². The van der Waals surface area contributed by atoms with Crippen LogP contribution in [0, 0.1) is 0 Å². The Morgan fingerprint density at radius 2 is 1.82 bits per heavy atom. The van der Waals surface area contributed by atoms with E-state index in [2.05, 4.69) is 47.8 Å². The first kappa shape index (κ1) is 14.6. The lowest BCUT2D eigenvalue weighted by molar-refractivity contribution is 0.349. The number of likely N-dealkylation sites (N-methyl/N-ethyl adjacent to an activating group) is 1. The Kier molecular flexibility index (Phi) is 7.33. The molecule has 0 spiro atoms. The van der Waals surface area contributed by atoms with Gasteiger partial charge in [0.25, 0.3) is 0 Å². The van der Waals surface area contributed by atoms with Crippen molar-refractivity contribution in [3.05, 3.63) is 35.4 Å². The number of nitrogens with zero attached hydrogens (tertiary/aromatic N) is 1. The fourth-order valence-electron chi connectivity index (χ4n) is 1.72. The Morgan fingerprint density at radius 1 is 1.18 bits per heavy atom. The van der Waals surface area contributed by atoms with Gasteiger partial charge in [-0.25, -0.2) is 0 Å². The van der Waals surface area contributed by atoms with Crippen molar-refractivity contribution in [3.8, 4) is 0 Å². The largest absolute Gasteiger partial charge is 0.319 e. The quantitative estimate of drug-likeness (QED) is 0.764. The van der Waals surface area contributed by atoms with Gasteiger partial charge < -0.3 is 10.2 Å². The smallest absolute Gasteiger partial charge is 0.0231 e. The molecule has 1 aromatic carbocycles. The summed E-state index contributed by atoms with van der Waals surface area (Å²) in [6, 6.07) is 8.99. The molecule has 3 heteroatoms. The van der Waals surface area contributed by atoms with Crippen LogP contribution in [0.2, 0.25) is 0 Å². The third-order valence-electron chi connectivity index (χ3n) is 2.82. The SMILES string of the molecule is CNCCc1ccc(CN(C)CCSC)cc1. The molecule has 17 heavy (non-hydrogen) atoms. The van der Waals surface area contributed by atoms with Crippen molar-refractivity contribution in [1.82, 2.24) is 10.2 Å². The van der Waals surface area contributed by atoms with Crippen LogP contribution in [0.5, 0.6) is 0 Å². The summed E-state index contributed by atoms with van der Waals surface area (Å²) in [5.41, 5.74) is 2.82. The summed E-state index contributed by atoms with van der Waals surface area (Å²) in [6.45, 7) is 3.25. The van der Waals surface area contributed by atoms with E-state index in [9.17, 15) is 0 Å². The van der Waals surface area contributed by atoms with Crippen LogP contribution >= 0.6 is 11.8 Å². The van der Waals surface area contributed by atoms with Gasteiger partial charge in [-0.05, 0) is 44.4 Å². The Labute approximate surface area is 110 Å². The molecule has 1 rings (SSSR count). The zero-order chi connectivity index (χ0) is 12.5. The molecule has 0 saturated carbocycles. The summed E-state index contributed by atoms with van der Waals surface area (Å²) in [4.78, 5) is 2.37. The van der Waals surface area contributed by atoms with Crippen molar-refractivity contribution in [1.29, 1.82) is 0 Å². The summed E-state index contributed by atoms with van der Waals surface area (Å²) < 4.78 is 0. The normalized spacial score (nSPS) is 11.1. The minimum atomic E-state index is 1.05. The van der Waals surface area contributed by atoms with Crippen LogP contribution < -0.4 is 5.32 Å². The van der Waals surface area contributed by atoms with Gasteiger partial charge in [0.05, 0.1) is 0 Å². The molecule has 1 aromatic rings. The van der Waals surface area contributed by atoms with Gasteiger partial charge in [-0.1, -0.05) is 24.3 Å². The fourth-order valence-corrected chi connectivity index (χ4v) is 2.21. The predicted octanol–water partition coefficient (Wildman–Crippen LogP) is 2.24. The molecule has 0 aliphatic heterocycles. The highest BCUT2D eigenvalue weighted by Gasteiger charge is 2.00. The predicted molar refractivity (Wildman–Crippen MR) is 78.8 cm³/mol. The first-order valence-corrected chi connectivity index (χ1v) is 7.55. The third kappa shape index (κ3) is 6.10. The molecule has 0 aromatic heterocycles. The van der Waals surface area contributed by atoms with Crippen LogP contribution in [0.4, 0.5) is 0 Å². The van der Waals surface area contributed by atoms with Crippen LogP contribution in [0.1, 0.15) is 11.1 Å². The second-order valence-corrected chi connectivity index (χ2v) is 5.39. The topological polar surface area (TPSA) is 15.3 Å². The molecule has 0 heterocycles. The molecule has 0 saturated heterocycles. The molecule has 0 atom stereocenters. The molecule has 0 amide bonds. The van der Waals surface area contributed by atoms with Crippen molar-refractivity contribution >= 4 is 11.8 Å². The van der Waals surface area contributed by atoms with Crippen molar-refractivity contribution in [2.75, 3.05) is 39.2 Å². The monoisotopic (exact) mass is 252 g/mol. The molecule has 0 fully saturated rings. The van der Waals surface area contributed by atoms with E-state index < -0.39 is 0 Å². The van der Waals surface area contributed by atoms with E-state index in [4.69, 9.17) is 0 Å². The third-order valence-corrected chi connectivity index (χ3v) is 3.41. The average Bonchev–Trinajstić information content (AvgIpc) is 2.35. The maximum atomic E-state index is 3.18. The van der Waals surface area contributed by atoms with E-state index >= 15 is 0 Å². The second kappa shape index (κ2) is 8.56. The molecule has 0 unspecified atom stereocenters. The van der Waals surface area contributed by atoms with Crippen LogP contribution in [0.3, 0.4) is 0 Å². The summed E-state index contributed by atoms with van der Waals surface area (Å²) in [5, 5.41) is 3.18. The van der Waals surface area contributed by atoms with E-state index in [0.29, 0.717) is 0 Å². The number of thioether (sulfide) groups is 1. The standard InChI is InChI=1S/C14H24N2S/c1-15-9-8-13-4-6-14(7-5-13)12-16(2)10-11-17-3/h4-7,15H,8-12H2,1-3H3. The number of hydrogen-bond acceptors (Lipinski definition) is 3. The van der Waals surface area contributed by atoms with Gasteiger partial charge in [-0.2, -0.15) is 11.8 Å². The molecular weight excluding hydrogens is 228 g/mol. The van der Waals surface area contributed by atoms with Crippen molar-refractivity contribution in [2.45, 2.75) is 13.0 Å². The molecular formula is C14H24N2S. The Bertz CT molecular complexity index is 298. The molecule has 0 aliphatic rings. The molecule has 0 bridgehead atoms. The van der Waals surface area contributed by atoms with E-state index in [0.717, 1.165) is 26.1 Å². The van der Waals surface area contributed by atoms with E-state index in [1.54, 1.807) is 0 Å². The highest BCUT2D eigenvalue weighted by atomic mass is 32.2. The highest BCUT2D eigenvalue weighted by Crippen LogP contribution is 2.07. The van der Waals surface area contributed by atoms with Crippen LogP contribution in [0.15, 0.2) is 24.3 Å². The van der Waals surface area contributed by atoms with Gasteiger partial charge in [-0.3, -0.25) is 0 Å². The number of benzene rings is 1. The summed E-state index contributed by atoms with van der Waals surface area (Å²) >= 11 is 1.90. The minimum absolute atomic E-state index is 1.05. The number of nitrogens with one attached hydrogen (secondary N) is 1. The van der Waals surface area contributed by atoms with Crippen LogP contribution in [-0.4, -0.2) is 44.1 Å². The summed E-state index contributed by atoms with van der Waals surface area (Å²) in [6.07, 6.45) is 3.27. The van der Waals surface area contributed by atoms with E-state index in [1.807, 2.05) is 18.8 Å². The van der Waals surface area contributed by atoms with E-state index in [-0.39, 0.29) is 0 Å². The van der Waals surface area contributed by atoms with Gasteiger partial charge in [0.1, 0.15) is 0 Å². The van der Waals surface area contributed by atoms with E-state index in [1.165, 1.54) is 16.9 Å². The maximum absolute atomic E-state index is 3.18. The minimum Gasteiger partial charge on any atom is -0.319 e. The molecule has 2 nitrogen and oxygen atoms in total. The molecule has 96 valence electrons. The fraction of sp³-hybridized carbons (Fsp3) is 0.571. The van der Waals surface area contributed by atoms with Gasteiger partial charge in [-0.15, -0.1) is 0 Å². The first-order valence-electron chi connectivity index (χ1n) is 6.16. The zero-order valence-corrected chi connectivity index (χ0v) is 12.0. The van der Waals surface area contributed by atoms with Crippen molar-refractivity contribution in [3.63, 3.8) is 0 Å².